The fourth-order valence-corrected chi connectivity index (χ4v) is 6.20. The molecule has 5 aromatic rings. The Morgan fingerprint density at radius 2 is 1.82 bits per heavy atom. The van der Waals surface area contributed by atoms with E-state index in [1.54, 1.807) is 37.7 Å². The molecule has 51 heavy (non-hydrogen) atoms. The van der Waals surface area contributed by atoms with Crippen LogP contribution >= 0.6 is 0 Å². The molecule has 11 nitrogen and oxygen atoms in total. The number of fused-ring (bicyclic) bond motifs is 2. The maximum Gasteiger partial charge on any atom is 0.271 e. The lowest BCUT2D eigenvalue weighted by atomic mass is 9.89. The molecule has 1 aliphatic carbocycles. The lowest BCUT2D eigenvalue weighted by Crippen LogP contribution is -2.45. The van der Waals surface area contributed by atoms with Crippen molar-refractivity contribution in [3.05, 3.63) is 106 Å². The number of benzene rings is 3. The van der Waals surface area contributed by atoms with Crippen molar-refractivity contribution in [1.29, 1.82) is 0 Å². The van der Waals surface area contributed by atoms with Crippen LogP contribution in [0.15, 0.2) is 77.9 Å². The van der Waals surface area contributed by atoms with Gasteiger partial charge in [0.05, 0.1) is 31.9 Å². The predicted octanol–water partition coefficient (Wildman–Crippen LogP) is 6.19. The van der Waals surface area contributed by atoms with Gasteiger partial charge in [-0.3, -0.25) is 19.1 Å². The Bertz CT molecular complexity index is 2130. The Hall–Kier alpha value is -5.53. The summed E-state index contributed by atoms with van der Waals surface area (Å²) in [7, 11) is 3.28. The first-order valence-corrected chi connectivity index (χ1v) is 16.6. The van der Waals surface area contributed by atoms with Crippen LogP contribution in [-0.2, 0) is 11.2 Å². The zero-order valence-corrected chi connectivity index (χ0v) is 28.0. The quantitative estimate of drug-likeness (QED) is 0.139. The van der Waals surface area contributed by atoms with Crippen LogP contribution in [0.25, 0.3) is 16.6 Å². The van der Waals surface area contributed by atoms with Gasteiger partial charge < -0.3 is 34.3 Å². The minimum absolute atomic E-state index is 0.0956. The van der Waals surface area contributed by atoms with E-state index in [0.29, 0.717) is 71.2 Å². The number of nitrogens with one attached hydrogen (secondary N) is 2. The third-order valence-electron chi connectivity index (χ3n) is 9.02. The van der Waals surface area contributed by atoms with Crippen LogP contribution in [0.3, 0.4) is 0 Å². The van der Waals surface area contributed by atoms with Gasteiger partial charge in [-0.25, -0.2) is 8.78 Å². The van der Waals surface area contributed by atoms with Crippen LogP contribution in [0.5, 0.6) is 28.7 Å². The molecule has 1 fully saturated rings. The Balaban J connectivity index is 1.04. The molecule has 7 rings (SSSR count). The zero-order chi connectivity index (χ0) is 35.5. The van der Waals surface area contributed by atoms with Gasteiger partial charge in [-0.05, 0) is 74.3 Å². The monoisotopic (exact) mass is 698 g/mol. The summed E-state index contributed by atoms with van der Waals surface area (Å²) in [6.45, 7) is 1.59. The van der Waals surface area contributed by atoms with Gasteiger partial charge in [0.1, 0.15) is 22.9 Å². The second-order valence-electron chi connectivity index (χ2n) is 12.3. The van der Waals surface area contributed by atoms with E-state index in [9.17, 15) is 14.0 Å². The minimum Gasteiger partial charge on any atom is -0.493 e. The van der Waals surface area contributed by atoms with Crippen molar-refractivity contribution in [2.45, 2.75) is 37.8 Å². The number of hydrogen-bond donors (Lipinski definition) is 2. The molecule has 13 heteroatoms. The molecule has 0 saturated heterocycles. The maximum absolute atomic E-state index is 15.5. The van der Waals surface area contributed by atoms with E-state index < -0.39 is 23.1 Å². The first-order chi connectivity index (χ1) is 24.8. The predicted molar refractivity (Wildman–Crippen MR) is 186 cm³/mol. The molecule has 3 heterocycles. The summed E-state index contributed by atoms with van der Waals surface area (Å²) >= 11 is 0. The van der Waals surface area contributed by atoms with Gasteiger partial charge in [-0.2, -0.15) is 0 Å². The van der Waals surface area contributed by atoms with E-state index in [2.05, 4.69) is 15.6 Å². The Labute approximate surface area is 292 Å². The van der Waals surface area contributed by atoms with E-state index >= 15 is 4.39 Å². The van der Waals surface area contributed by atoms with Gasteiger partial charge in [-0.15, -0.1) is 0 Å². The highest BCUT2D eigenvalue weighted by molar-refractivity contribution is 6.06. The van der Waals surface area contributed by atoms with Crippen molar-refractivity contribution in [1.82, 2.24) is 14.9 Å². The van der Waals surface area contributed by atoms with E-state index in [1.807, 2.05) is 0 Å². The third-order valence-corrected chi connectivity index (χ3v) is 9.02. The first kappa shape index (κ1) is 33.9. The van der Waals surface area contributed by atoms with E-state index in [4.69, 9.17) is 23.7 Å². The Morgan fingerprint density at radius 3 is 2.59 bits per heavy atom. The number of hydrogen-bond acceptors (Lipinski definition) is 9. The number of rotatable bonds is 13. The highest BCUT2D eigenvalue weighted by atomic mass is 19.1. The molecular weight excluding hydrogens is 662 g/mol. The number of aromatic nitrogens is 2. The SMILES string of the molecule is COc1cc2c(Oc3ccc(NC(=O)c4c5c(cn(-c6ccc(F)cc6)c4=O)CCO5)cc3F)ccnc2cc1OCCCNC1CC(OC)C1. The molecule has 0 spiro atoms. The number of amides is 1. The fourth-order valence-electron chi connectivity index (χ4n) is 6.20. The topological polar surface area (TPSA) is 122 Å². The van der Waals surface area contributed by atoms with Crippen LogP contribution in [0.1, 0.15) is 35.2 Å². The number of carbonyl (C=O) groups excluding carboxylic acids is 1. The lowest BCUT2D eigenvalue weighted by Gasteiger charge is -2.34. The first-order valence-electron chi connectivity index (χ1n) is 16.6. The summed E-state index contributed by atoms with van der Waals surface area (Å²) in [5.41, 5.74) is 0.804. The molecule has 1 saturated carbocycles. The highest BCUT2D eigenvalue weighted by Gasteiger charge is 2.29. The molecular formula is C38H36F2N4O7. The van der Waals surface area contributed by atoms with Gasteiger partial charge in [0.25, 0.3) is 11.5 Å². The summed E-state index contributed by atoms with van der Waals surface area (Å²) in [4.78, 5) is 31.4. The molecule has 2 N–H and O–H groups in total. The molecule has 1 aliphatic heterocycles. The average molecular weight is 699 g/mol. The highest BCUT2D eigenvalue weighted by Crippen LogP contribution is 2.38. The standard InChI is InChI=1S/C38H36F2N4O7/c1-47-27-16-25(17-27)41-12-3-14-49-34-20-30-28(19-33(34)48-2)31(10-13-42-30)51-32-9-6-24(18-29(32)40)43-37(45)35-36-22(11-15-50-36)21-44(38(35)46)26-7-4-23(39)5-8-26/h4-10,13,18-21,25,27,41H,3,11-12,14-17H2,1-2H3,(H,43,45). The number of ether oxygens (including phenoxy) is 5. The summed E-state index contributed by atoms with van der Waals surface area (Å²) < 4.78 is 58.8. The number of nitrogens with zero attached hydrogens (tertiary/aromatic N) is 2. The molecule has 0 unspecified atom stereocenters. The molecule has 2 aliphatic rings. The molecule has 2 aromatic heterocycles. The van der Waals surface area contributed by atoms with Crippen molar-refractivity contribution in [2.24, 2.45) is 0 Å². The van der Waals surface area contributed by atoms with Gasteiger partial charge in [0.15, 0.2) is 23.1 Å². The van der Waals surface area contributed by atoms with Crippen molar-refractivity contribution in [3.63, 3.8) is 0 Å². The van der Waals surface area contributed by atoms with Crippen molar-refractivity contribution < 1.29 is 37.3 Å². The fraction of sp³-hybridized carbons (Fsp3) is 0.289. The number of anilines is 1. The number of carbonyl (C=O) groups is 1. The summed E-state index contributed by atoms with van der Waals surface area (Å²) in [6.07, 6.45) is 6.81. The molecule has 0 radical (unpaired) electrons. The molecule has 264 valence electrons. The normalized spacial score (nSPS) is 16.2. The maximum atomic E-state index is 15.5. The van der Waals surface area contributed by atoms with Crippen LogP contribution in [0.2, 0.25) is 0 Å². The van der Waals surface area contributed by atoms with Crippen LogP contribution in [0.4, 0.5) is 14.5 Å². The summed E-state index contributed by atoms with van der Waals surface area (Å²) in [5.74, 6) is -0.576. The van der Waals surface area contributed by atoms with Crippen molar-refractivity contribution in [3.8, 4) is 34.4 Å². The number of pyridine rings is 2. The third kappa shape index (κ3) is 7.21. The molecule has 3 aromatic carbocycles. The molecule has 1 amide bonds. The van der Waals surface area contributed by atoms with Crippen molar-refractivity contribution >= 4 is 22.5 Å². The largest absolute Gasteiger partial charge is 0.493 e. The van der Waals surface area contributed by atoms with E-state index in [0.717, 1.165) is 31.9 Å². The lowest BCUT2D eigenvalue weighted by molar-refractivity contribution is 0.0173. The number of methoxy groups -OCH3 is 2. The summed E-state index contributed by atoms with van der Waals surface area (Å²) in [6, 6.07) is 14.9. The van der Waals surface area contributed by atoms with E-state index in [-0.39, 0.29) is 22.7 Å². The molecule has 0 bridgehead atoms. The van der Waals surface area contributed by atoms with Crippen molar-refractivity contribution in [2.75, 3.05) is 39.3 Å². The van der Waals surface area contributed by atoms with Gasteiger partial charge in [-0.1, -0.05) is 0 Å². The van der Waals surface area contributed by atoms with Crippen LogP contribution in [-0.4, -0.2) is 61.6 Å². The average Bonchev–Trinajstić information content (AvgIpc) is 3.58. The molecule has 0 atom stereocenters. The zero-order valence-electron chi connectivity index (χ0n) is 28.0. The smallest absolute Gasteiger partial charge is 0.271 e. The summed E-state index contributed by atoms with van der Waals surface area (Å²) in [5, 5.41) is 6.68. The second kappa shape index (κ2) is 14.8. The van der Waals surface area contributed by atoms with Gasteiger partial charge >= 0.3 is 0 Å². The van der Waals surface area contributed by atoms with Crippen LogP contribution in [0, 0.1) is 11.6 Å². The minimum atomic E-state index is -0.775. The van der Waals surface area contributed by atoms with Gasteiger partial charge in [0, 0.05) is 66.4 Å². The Kier molecular flexibility index (Phi) is 9.82. The van der Waals surface area contributed by atoms with Crippen LogP contribution < -0.4 is 35.1 Å². The second-order valence-corrected chi connectivity index (χ2v) is 12.3. The Morgan fingerprint density at radius 1 is 1.00 bits per heavy atom. The van der Waals surface area contributed by atoms with E-state index in [1.165, 1.54) is 48.1 Å². The number of halogens is 2. The van der Waals surface area contributed by atoms with Gasteiger partial charge in [0.2, 0.25) is 0 Å².